The Morgan fingerprint density at radius 3 is 2.50 bits per heavy atom. The van der Waals surface area contributed by atoms with Gasteiger partial charge in [-0.25, -0.2) is 0 Å². The summed E-state index contributed by atoms with van der Waals surface area (Å²) in [6.45, 7) is 2.76. The first kappa shape index (κ1) is 9.59. The summed E-state index contributed by atoms with van der Waals surface area (Å²) in [5.41, 5.74) is 7.49. The molecule has 1 aromatic rings. The van der Waals surface area contributed by atoms with E-state index in [0.29, 0.717) is 24.7 Å². The number of hydroxylamine groups is 1. The first-order valence-electron chi connectivity index (χ1n) is 5.44. The molecule has 5 nitrogen and oxygen atoms in total. The molecule has 0 spiro atoms. The standard InChI is InChI=1S/C11H14N2O3/c12-8-6-10-11(15-5-4-14-10)7-9(8)13-2-1-3-16-13/h6-7H,1-5,12H2. The van der Waals surface area contributed by atoms with E-state index in [4.69, 9.17) is 20.0 Å². The molecule has 86 valence electrons. The molecule has 1 saturated heterocycles. The van der Waals surface area contributed by atoms with E-state index in [9.17, 15) is 0 Å². The number of nitrogens with zero attached hydrogens (tertiary/aromatic N) is 1. The number of hydrogen-bond acceptors (Lipinski definition) is 5. The van der Waals surface area contributed by atoms with E-state index in [1.807, 2.05) is 11.1 Å². The zero-order chi connectivity index (χ0) is 11.0. The maximum Gasteiger partial charge on any atom is 0.163 e. The number of benzene rings is 1. The summed E-state index contributed by atoms with van der Waals surface area (Å²) in [5.74, 6) is 1.46. The molecule has 0 amide bonds. The summed E-state index contributed by atoms with van der Waals surface area (Å²) in [5, 5.41) is 1.81. The van der Waals surface area contributed by atoms with Crippen molar-refractivity contribution in [3.05, 3.63) is 12.1 Å². The summed E-state index contributed by atoms with van der Waals surface area (Å²) < 4.78 is 11.0. The van der Waals surface area contributed by atoms with Crippen LogP contribution in [0.25, 0.3) is 0 Å². The second kappa shape index (κ2) is 3.75. The minimum absolute atomic E-state index is 0.575. The van der Waals surface area contributed by atoms with Crippen LogP contribution in [0.15, 0.2) is 12.1 Å². The van der Waals surface area contributed by atoms with Gasteiger partial charge in [-0.1, -0.05) is 0 Å². The highest BCUT2D eigenvalue weighted by Gasteiger charge is 2.20. The van der Waals surface area contributed by atoms with Crippen LogP contribution in [0.1, 0.15) is 6.42 Å². The molecule has 1 fully saturated rings. The van der Waals surface area contributed by atoms with Crippen LogP contribution in [0.2, 0.25) is 0 Å². The summed E-state index contributed by atoms with van der Waals surface area (Å²) >= 11 is 0. The van der Waals surface area contributed by atoms with Gasteiger partial charge in [0.15, 0.2) is 11.5 Å². The minimum Gasteiger partial charge on any atom is -0.486 e. The van der Waals surface area contributed by atoms with Gasteiger partial charge in [-0.05, 0) is 6.42 Å². The average molecular weight is 222 g/mol. The molecule has 16 heavy (non-hydrogen) atoms. The van der Waals surface area contributed by atoms with Crippen LogP contribution in [-0.4, -0.2) is 26.4 Å². The number of ether oxygens (including phenoxy) is 2. The van der Waals surface area contributed by atoms with Crippen molar-refractivity contribution in [2.45, 2.75) is 6.42 Å². The zero-order valence-corrected chi connectivity index (χ0v) is 8.94. The third kappa shape index (κ3) is 1.53. The Kier molecular flexibility index (Phi) is 2.25. The van der Waals surface area contributed by atoms with Gasteiger partial charge in [-0.15, -0.1) is 0 Å². The largest absolute Gasteiger partial charge is 0.486 e. The molecule has 0 aliphatic carbocycles. The number of hydrogen-bond donors (Lipinski definition) is 1. The predicted octanol–water partition coefficient (Wildman–Crippen LogP) is 1.18. The quantitative estimate of drug-likeness (QED) is 0.723. The molecule has 1 aromatic carbocycles. The summed E-state index contributed by atoms with van der Waals surface area (Å²) in [7, 11) is 0. The van der Waals surface area contributed by atoms with Gasteiger partial charge in [0, 0.05) is 18.7 Å². The molecule has 2 aliphatic rings. The van der Waals surface area contributed by atoms with Crippen molar-refractivity contribution in [3.8, 4) is 11.5 Å². The second-order valence-electron chi connectivity index (χ2n) is 3.84. The lowest BCUT2D eigenvalue weighted by molar-refractivity contribution is 0.163. The van der Waals surface area contributed by atoms with Gasteiger partial charge in [0.25, 0.3) is 0 Å². The van der Waals surface area contributed by atoms with Crippen molar-refractivity contribution in [2.24, 2.45) is 0 Å². The van der Waals surface area contributed by atoms with Crippen molar-refractivity contribution in [3.63, 3.8) is 0 Å². The molecule has 0 unspecified atom stereocenters. The normalized spacial score (nSPS) is 18.9. The highest BCUT2D eigenvalue weighted by Crippen LogP contribution is 2.39. The maximum atomic E-state index is 5.97. The van der Waals surface area contributed by atoms with E-state index in [1.54, 1.807) is 6.07 Å². The van der Waals surface area contributed by atoms with Gasteiger partial charge in [0.2, 0.25) is 0 Å². The molecule has 0 bridgehead atoms. The van der Waals surface area contributed by atoms with Gasteiger partial charge in [-0.2, -0.15) is 0 Å². The van der Waals surface area contributed by atoms with E-state index < -0.39 is 0 Å². The van der Waals surface area contributed by atoms with Crippen molar-refractivity contribution < 1.29 is 14.3 Å². The monoisotopic (exact) mass is 222 g/mol. The fraction of sp³-hybridized carbons (Fsp3) is 0.455. The van der Waals surface area contributed by atoms with Gasteiger partial charge in [0.1, 0.15) is 13.2 Å². The molecule has 0 atom stereocenters. The van der Waals surface area contributed by atoms with Crippen molar-refractivity contribution >= 4 is 11.4 Å². The molecular weight excluding hydrogens is 208 g/mol. The van der Waals surface area contributed by atoms with Crippen LogP contribution >= 0.6 is 0 Å². The number of nitrogen functional groups attached to an aromatic ring is 1. The van der Waals surface area contributed by atoms with Gasteiger partial charge in [-0.3, -0.25) is 9.90 Å². The van der Waals surface area contributed by atoms with Crippen LogP contribution < -0.4 is 20.3 Å². The minimum atomic E-state index is 0.575. The second-order valence-corrected chi connectivity index (χ2v) is 3.84. The lowest BCUT2D eigenvalue weighted by Gasteiger charge is -2.23. The van der Waals surface area contributed by atoms with Crippen LogP contribution in [0, 0.1) is 0 Å². The van der Waals surface area contributed by atoms with Crippen LogP contribution in [0.4, 0.5) is 11.4 Å². The number of nitrogens with two attached hydrogens (primary N) is 1. The van der Waals surface area contributed by atoms with Gasteiger partial charge >= 0.3 is 0 Å². The fourth-order valence-corrected chi connectivity index (χ4v) is 1.95. The number of fused-ring (bicyclic) bond motifs is 1. The van der Waals surface area contributed by atoms with Crippen LogP contribution in [0.3, 0.4) is 0 Å². The molecule has 2 heterocycles. The van der Waals surface area contributed by atoms with Crippen molar-refractivity contribution in [2.75, 3.05) is 37.2 Å². The summed E-state index contributed by atoms with van der Waals surface area (Å²) in [6.07, 6.45) is 1.02. The molecule has 0 radical (unpaired) electrons. The summed E-state index contributed by atoms with van der Waals surface area (Å²) in [4.78, 5) is 5.47. The van der Waals surface area contributed by atoms with E-state index in [1.165, 1.54) is 0 Å². The van der Waals surface area contributed by atoms with E-state index >= 15 is 0 Å². The maximum absolute atomic E-state index is 5.97. The van der Waals surface area contributed by atoms with Crippen LogP contribution in [0.5, 0.6) is 11.5 Å². The topological polar surface area (TPSA) is 57.0 Å². The Morgan fingerprint density at radius 1 is 1.06 bits per heavy atom. The molecular formula is C11H14N2O3. The Balaban J connectivity index is 1.98. The van der Waals surface area contributed by atoms with Gasteiger partial charge < -0.3 is 15.2 Å². The van der Waals surface area contributed by atoms with E-state index in [-0.39, 0.29) is 0 Å². The number of anilines is 2. The Bertz CT molecular complexity index is 402. The fourth-order valence-electron chi connectivity index (χ4n) is 1.95. The van der Waals surface area contributed by atoms with E-state index in [0.717, 1.165) is 31.0 Å². The summed E-state index contributed by atoms with van der Waals surface area (Å²) in [6, 6.07) is 3.68. The van der Waals surface area contributed by atoms with Crippen LogP contribution in [-0.2, 0) is 4.84 Å². The Morgan fingerprint density at radius 2 is 1.81 bits per heavy atom. The van der Waals surface area contributed by atoms with Gasteiger partial charge in [0.05, 0.1) is 18.0 Å². The lowest BCUT2D eigenvalue weighted by atomic mass is 10.2. The molecule has 2 N–H and O–H groups in total. The first-order valence-corrected chi connectivity index (χ1v) is 5.44. The number of rotatable bonds is 1. The predicted molar refractivity (Wildman–Crippen MR) is 59.8 cm³/mol. The van der Waals surface area contributed by atoms with E-state index in [2.05, 4.69) is 0 Å². The molecule has 3 rings (SSSR count). The van der Waals surface area contributed by atoms with Crippen molar-refractivity contribution in [1.82, 2.24) is 0 Å². The third-order valence-electron chi connectivity index (χ3n) is 2.71. The molecule has 0 aromatic heterocycles. The third-order valence-corrected chi connectivity index (χ3v) is 2.71. The SMILES string of the molecule is Nc1cc2c(cc1N1CCCO1)OCCO2. The zero-order valence-electron chi connectivity index (χ0n) is 8.94. The highest BCUT2D eigenvalue weighted by atomic mass is 16.7. The average Bonchev–Trinajstić information content (AvgIpc) is 2.81. The highest BCUT2D eigenvalue weighted by molar-refractivity contribution is 5.72. The Hall–Kier alpha value is -1.62. The first-order chi connectivity index (χ1) is 7.84. The molecule has 5 heteroatoms. The lowest BCUT2D eigenvalue weighted by Crippen LogP contribution is -2.20. The molecule has 0 saturated carbocycles. The smallest absolute Gasteiger partial charge is 0.163 e. The molecule has 2 aliphatic heterocycles. The Labute approximate surface area is 93.6 Å². The van der Waals surface area contributed by atoms with Crippen molar-refractivity contribution in [1.29, 1.82) is 0 Å².